The molecule has 0 aliphatic rings. The average Bonchev–Trinajstić information content (AvgIpc) is 0.909. The van der Waals surface area contributed by atoms with Crippen LogP contribution in [0.5, 0.6) is 0 Å². The first-order chi connectivity index (χ1) is 51.1. The molecule has 0 aliphatic carbocycles. The molecular weight excluding hydrogens is 1370 g/mol. The molecule has 0 aromatic heterocycles. The molecule has 19 heteroatoms. The monoisotopic (exact) mass is 1540 g/mol. The fourth-order valence-electron chi connectivity index (χ4n) is 13.4. The van der Waals surface area contributed by atoms with E-state index >= 15 is 0 Å². The van der Waals surface area contributed by atoms with Gasteiger partial charge in [-0.25, -0.2) is 9.13 Å². The maximum atomic E-state index is 13.1. The molecule has 105 heavy (non-hydrogen) atoms. The summed E-state index contributed by atoms with van der Waals surface area (Å²) in [6.07, 6.45) is 72.2. The van der Waals surface area contributed by atoms with E-state index in [4.69, 9.17) is 37.0 Å². The van der Waals surface area contributed by atoms with E-state index in [9.17, 15) is 43.2 Å². The summed E-state index contributed by atoms with van der Waals surface area (Å²) >= 11 is 0. The van der Waals surface area contributed by atoms with Gasteiger partial charge in [0.05, 0.1) is 26.4 Å². The van der Waals surface area contributed by atoms with Gasteiger partial charge >= 0.3 is 39.5 Å². The summed E-state index contributed by atoms with van der Waals surface area (Å²) < 4.78 is 68.9. The van der Waals surface area contributed by atoms with E-state index in [1.165, 1.54) is 289 Å². The predicted octanol–water partition coefficient (Wildman–Crippen LogP) is 26.4. The Morgan fingerprint density at radius 3 is 0.676 bits per heavy atom. The molecular formula is C86H168O17P2. The number of hydrogen-bond donors (Lipinski definition) is 3. The van der Waals surface area contributed by atoms with E-state index in [1.807, 2.05) is 0 Å². The van der Waals surface area contributed by atoms with E-state index in [-0.39, 0.29) is 25.7 Å². The van der Waals surface area contributed by atoms with Gasteiger partial charge in [-0.15, -0.1) is 0 Å². The van der Waals surface area contributed by atoms with Crippen molar-refractivity contribution in [3.05, 3.63) is 0 Å². The SMILES string of the molecule is CCCCCCCCCCCCCCCCCCCCCCCC(=O)O[C@H](COC(=O)CCCCCCCCCCCCCCCCC(C)CC)COP(=O)(O)OC[C@@H](O)COP(=O)(O)OC[C@@H](COC(=O)CCCCCCCCCCC)OC(=O)CCCCCCCCCCCCCCCCCCC. The Morgan fingerprint density at radius 2 is 0.457 bits per heavy atom. The second kappa shape index (κ2) is 78.7. The molecule has 0 rings (SSSR count). The van der Waals surface area contributed by atoms with E-state index < -0.39 is 97.5 Å². The zero-order chi connectivity index (χ0) is 76.9. The third-order valence-corrected chi connectivity index (χ3v) is 22.5. The number of ether oxygens (including phenoxy) is 4. The molecule has 17 nitrogen and oxygen atoms in total. The number of carbonyl (C=O) groups is 4. The lowest BCUT2D eigenvalue weighted by atomic mass is 9.99. The Labute approximate surface area is 645 Å². The van der Waals surface area contributed by atoms with Crippen LogP contribution in [0.1, 0.15) is 465 Å². The van der Waals surface area contributed by atoms with Gasteiger partial charge in [-0.05, 0) is 31.6 Å². The van der Waals surface area contributed by atoms with Crippen LogP contribution in [-0.4, -0.2) is 96.7 Å². The molecule has 0 aromatic rings. The van der Waals surface area contributed by atoms with Crippen molar-refractivity contribution in [3.63, 3.8) is 0 Å². The standard InChI is InChI=1S/C86H168O17P2/c1-6-10-13-16-19-22-24-26-28-30-31-32-33-35-37-43-47-52-57-62-67-72-86(91)103-82(76-97-84(89)70-65-60-55-50-45-41-39-38-40-44-49-53-58-63-68-79(5)9-4)78-101-105(94,95)99-74-80(87)73-98-104(92,93)100-77-81(75-96-83(88)69-64-59-54-48-21-18-15-12-8-3)102-85(90)71-66-61-56-51-46-42-36-34-29-27-25-23-20-17-14-11-7-2/h79-82,87H,6-78H2,1-5H3,(H,92,93)(H,94,95)/t79?,80-,81+,82+/m0/s1. The first-order valence-electron chi connectivity index (χ1n) is 44.7. The van der Waals surface area contributed by atoms with Crippen LogP contribution < -0.4 is 0 Å². The molecule has 0 fully saturated rings. The molecule has 3 unspecified atom stereocenters. The first-order valence-corrected chi connectivity index (χ1v) is 47.7. The number of aliphatic hydroxyl groups is 1. The fourth-order valence-corrected chi connectivity index (χ4v) is 15.0. The van der Waals surface area contributed by atoms with Crippen LogP contribution >= 0.6 is 15.6 Å². The quantitative estimate of drug-likeness (QED) is 0.0222. The van der Waals surface area contributed by atoms with Gasteiger partial charge in [-0.1, -0.05) is 413 Å². The van der Waals surface area contributed by atoms with Crippen LogP contribution in [0.15, 0.2) is 0 Å². The molecule has 0 amide bonds. The van der Waals surface area contributed by atoms with Crippen molar-refractivity contribution in [2.45, 2.75) is 483 Å². The van der Waals surface area contributed by atoms with Crippen LogP contribution in [0.4, 0.5) is 0 Å². The second-order valence-electron chi connectivity index (χ2n) is 31.2. The molecule has 0 aromatic carbocycles. The summed E-state index contributed by atoms with van der Waals surface area (Å²) in [4.78, 5) is 73.2. The Kier molecular flexibility index (Phi) is 77.3. The molecule has 0 bridgehead atoms. The van der Waals surface area contributed by atoms with Crippen molar-refractivity contribution < 1.29 is 80.2 Å². The van der Waals surface area contributed by atoms with Crippen molar-refractivity contribution in [3.8, 4) is 0 Å². The van der Waals surface area contributed by atoms with Gasteiger partial charge in [0.2, 0.25) is 0 Å². The summed E-state index contributed by atoms with van der Waals surface area (Å²) in [5.41, 5.74) is 0. The van der Waals surface area contributed by atoms with Crippen LogP contribution in [0.25, 0.3) is 0 Å². The van der Waals surface area contributed by atoms with Gasteiger partial charge in [-0.2, -0.15) is 0 Å². The Morgan fingerprint density at radius 1 is 0.267 bits per heavy atom. The van der Waals surface area contributed by atoms with Gasteiger partial charge in [-0.3, -0.25) is 37.3 Å². The van der Waals surface area contributed by atoms with Gasteiger partial charge in [0.15, 0.2) is 12.2 Å². The highest BCUT2D eigenvalue weighted by Gasteiger charge is 2.30. The van der Waals surface area contributed by atoms with Crippen LogP contribution in [0.2, 0.25) is 0 Å². The lowest BCUT2D eigenvalue weighted by Crippen LogP contribution is -2.30. The zero-order valence-electron chi connectivity index (χ0n) is 68.9. The topological polar surface area (TPSA) is 237 Å². The molecule has 624 valence electrons. The summed E-state index contributed by atoms with van der Waals surface area (Å²) in [6.45, 7) is 7.41. The highest BCUT2D eigenvalue weighted by atomic mass is 31.2. The van der Waals surface area contributed by atoms with Crippen LogP contribution in [0.3, 0.4) is 0 Å². The Bertz CT molecular complexity index is 2000. The zero-order valence-corrected chi connectivity index (χ0v) is 70.7. The minimum absolute atomic E-state index is 0.109. The number of phosphoric acid groups is 2. The van der Waals surface area contributed by atoms with Crippen LogP contribution in [-0.2, 0) is 65.4 Å². The minimum atomic E-state index is -4.96. The number of rotatable bonds is 86. The average molecular weight is 1540 g/mol. The number of phosphoric ester groups is 2. The molecule has 0 radical (unpaired) electrons. The maximum absolute atomic E-state index is 13.1. The normalized spacial score (nSPS) is 14.0. The van der Waals surface area contributed by atoms with E-state index in [1.54, 1.807) is 0 Å². The second-order valence-corrected chi connectivity index (χ2v) is 34.1. The van der Waals surface area contributed by atoms with Gasteiger partial charge < -0.3 is 33.8 Å². The molecule has 6 atom stereocenters. The van der Waals surface area contributed by atoms with E-state index in [0.29, 0.717) is 25.7 Å². The molecule has 0 heterocycles. The number of unbranched alkanes of at least 4 members (excludes halogenated alkanes) is 57. The largest absolute Gasteiger partial charge is 0.472 e. The predicted molar refractivity (Wildman–Crippen MR) is 432 cm³/mol. The Hall–Kier alpha value is -1.94. The third kappa shape index (κ3) is 78.5. The minimum Gasteiger partial charge on any atom is -0.462 e. The number of carbonyl (C=O) groups excluding carboxylic acids is 4. The summed E-state index contributed by atoms with van der Waals surface area (Å²) in [5, 5.41) is 10.7. The third-order valence-electron chi connectivity index (χ3n) is 20.6. The van der Waals surface area contributed by atoms with Gasteiger partial charge in [0, 0.05) is 25.7 Å². The lowest BCUT2D eigenvalue weighted by Gasteiger charge is -2.21. The highest BCUT2D eigenvalue weighted by molar-refractivity contribution is 7.47. The van der Waals surface area contributed by atoms with Crippen LogP contribution in [0, 0.1) is 5.92 Å². The lowest BCUT2D eigenvalue weighted by molar-refractivity contribution is -0.161. The van der Waals surface area contributed by atoms with Crippen molar-refractivity contribution in [1.29, 1.82) is 0 Å². The number of hydrogen-bond acceptors (Lipinski definition) is 15. The van der Waals surface area contributed by atoms with E-state index in [2.05, 4.69) is 34.6 Å². The first kappa shape index (κ1) is 103. The smallest absolute Gasteiger partial charge is 0.462 e. The summed E-state index contributed by atoms with van der Waals surface area (Å²) in [6, 6.07) is 0. The summed E-state index contributed by atoms with van der Waals surface area (Å²) in [5.74, 6) is -1.25. The molecule has 0 aliphatic heterocycles. The number of esters is 4. The Balaban J connectivity index is 5.21. The maximum Gasteiger partial charge on any atom is 0.472 e. The van der Waals surface area contributed by atoms with Gasteiger partial charge in [0.25, 0.3) is 0 Å². The van der Waals surface area contributed by atoms with E-state index in [0.717, 1.165) is 95.8 Å². The molecule has 0 saturated heterocycles. The van der Waals surface area contributed by atoms with Crippen molar-refractivity contribution in [2.24, 2.45) is 5.92 Å². The van der Waals surface area contributed by atoms with Crippen molar-refractivity contribution >= 4 is 39.5 Å². The fraction of sp³-hybridized carbons (Fsp3) is 0.953. The molecule has 0 saturated carbocycles. The molecule has 3 N–H and O–H groups in total. The van der Waals surface area contributed by atoms with Crippen molar-refractivity contribution in [1.82, 2.24) is 0 Å². The van der Waals surface area contributed by atoms with Gasteiger partial charge in [0.1, 0.15) is 19.3 Å². The molecule has 0 spiro atoms. The summed E-state index contributed by atoms with van der Waals surface area (Å²) in [7, 11) is -9.92. The highest BCUT2D eigenvalue weighted by Crippen LogP contribution is 2.45. The van der Waals surface area contributed by atoms with Crippen molar-refractivity contribution in [2.75, 3.05) is 39.6 Å². The number of aliphatic hydroxyl groups excluding tert-OH is 1.